The third kappa shape index (κ3) is 2.72. The van der Waals surface area contributed by atoms with Crippen LogP contribution >= 0.6 is 0 Å². The van der Waals surface area contributed by atoms with Crippen molar-refractivity contribution in [1.29, 1.82) is 5.26 Å². The number of rotatable bonds is 4. The highest BCUT2D eigenvalue weighted by Crippen LogP contribution is 2.37. The number of fused-ring (bicyclic) bond motifs is 1. The quantitative estimate of drug-likeness (QED) is 0.668. The number of nitriles is 1. The molecule has 0 bridgehead atoms. The SMILES string of the molecule is N#CCC(C1CCCC1O)n1cc(-c2[nH]c(=O)nc3[nH]ccc23)cn1. The predicted octanol–water partition coefficient (Wildman–Crippen LogP) is 1.73. The summed E-state index contributed by atoms with van der Waals surface area (Å²) in [6.45, 7) is 0. The number of H-pyrrole nitrogens is 2. The van der Waals surface area contributed by atoms with Crippen LogP contribution in [0.3, 0.4) is 0 Å². The summed E-state index contributed by atoms with van der Waals surface area (Å²) >= 11 is 0. The van der Waals surface area contributed by atoms with Gasteiger partial charge in [-0.15, -0.1) is 0 Å². The topological polar surface area (TPSA) is 123 Å². The van der Waals surface area contributed by atoms with E-state index in [2.05, 4.69) is 26.1 Å². The van der Waals surface area contributed by atoms with Crippen LogP contribution in [0.4, 0.5) is 0 Å². The zero-order chi connectivity index (χ0) is 17.4. The van der Waals surface area contributed by atoms with Gasteiger partial charge in [-0.3, -0.25) is 4.68 Å². The molecule has 1 saturated carbocycles. The molecule has 0 aliphatic heterocycles. The van der Waals surface area contributed by atoms with Crippen LogP contribution in [0, 0.1) is 17.2 Å². The Morgan fingerprint density at radius 2 is 2.36 bits per heavy atom. The van der Waals surface area contributed by atoms with Crippen LogP contribution in [0.5, 0.6) is 0 Å². The smallest absolute Gasteiger partial charge is 0.347 e. The average Bonchev–Trinajstić information content (AvgIpc) is 3.32. The van der Waals surface area contributed by atoms with E-state index in [4.69, 9.17) is 0 Å². The highest BCUT2D eigenvalue weighted by Gasteiger charge is 2.34. The maximum Gasteiger partial charge on any atom is 0.347 e. The van der Waals surface area contributed by atoms with Crippen molar-refractivity contribution in [2.45, 2.75) is 37.8 Å². The van der Waals surface area contributed by atoms with Gasteiger partial charge in [0.2, 0.25) is 0 Å². The van der Waals surface area contributed by atoms with Gasteiger partial charge in [0.1, 0.15) is 5.65 Å². The van der Waals surface area contributed by atoms with Gasteiger partial charge in [0.05, 0.1) is 36.5 Å². The molecule has 0 spiro atoms. The van der Waals surface area contributed by atoms with Crippen molar-refractivity contribution >= 4 is 11.0 Å². The van der Waals surface area contributed by atoms with Gasteiger partial charge in [-0.25, -0.2) is 4.79 Å². The second-order valence-corrected chi connectivity index (χ2v) is 6.46. The van der Waals surface area contributed by atoms with E-state index < -0.39 is 11.8 Å². The molecule has 8 heteroatoms. The fourth-order valence-corrected chi connectivity index (χ4v) is 3.79. The zero-order valence-electron chi connectivity index (χ0n) is 13.5. The molecule has 0 amide bonds. The highest BCUT2D eigenvalue weighted by atomic mass is 16.3. The van der Waals surface area contributed by atoms with E-state index in [0.717, 1.165) is 30.2 Å². The third-order valence-electron chi connectivity index (χ3n) is 5.00. The second-order valence-electron chi connectivity index (χ2n) is 6.46. The molecule has 3 aromatic heterocycles. The van der Waals surface area contributed by atoms with Gasteiger partial charge in [-0.05, 0) is 18.9 Å². The minimum Gasteiger partial charge on any atom is -0.393 e. The molecule has 3 heterocycles. The second kappa shape index (κ2) is 6.18. The van der Waals surface area contributed by atoms with Crippen molar-refractivity contribution in [3.05, 3.63) is 35.1 Å². The summed E-state index contributed by atoms with van der Waals surface area (Å²) in [5, 5.41) is 24.6. The lowest BCUT2D eigenvalue weighted by atomic mass is 9.94. The monoisotopic (exact) mass is 338 g/mol. The van der Waals surface area contributed by atoms with Crippen LogP contribution < -0.4 is 5.69 Å². The number of hydrogen-bond donors (Lipinski definition) is 3. The Balaban J connectivity index is 1.74. The first-order chi connectivity index (χ1) is 12.2. The molecule has 0 saturated heterocycles. The van der Waals surface area contributed by atoms with Gasteiger partial charge >= 0.3 is 5.69 Å². The number of nitrogens with one attached hydrogen (secondary N) is 2. The molecule has 4 rings (SSSR count). The first-order valence-electron chi connectivity index (χ1n) is 8.34. The van der Waals surface area contributed by atoms with E-state index in [1.165, 1.54) is 0 Å². The van der Waals surface area contributed by atoms with Crippen LogP contribution in [0.15, 0.2) is 29.5 Å². The minimum absolute atomic E-state index is 0.0242. The van der Waals surface area contributed by atoms with Crippen LogP contribution in [-0.4, -0.2) is 35.9 Å². The maximum atomic E-state index is 11.8. The van der Waals surface area contributed by atoms with Crippen molar-refractivity contribution in [2.75, 3.05) is 0 Å². The normalized spacial score (nSPS) is 21.4. The lowest BCUT2D eigenvalue weighted by Crippen LogP contribution is -2.26. The summed E-state index contributed by atoms with van der Waals surface area (Å²) in [4.78, 5) is 21.4. The van der Waals surface area contributed by atoms with Crippen molar-refractivity contribution in [1.82, 2.24) is 24.7 Å². The highest BCUT2D eigenvalue weighted by molar-refractivity contribution is 5.89. The number of hydrogen-bond acceptors (Lipinski definition) is 5. The summed E-state index contributed by atoms with van der Waals surface area (Å²) < 4.78 is 1.75. The number of aliphatic hydroxyl groups excluding tert-OH is 1. The standard InChI is InChI=1S/C17H18N6O2/c18-6-4-13(11-2-1-3-14(11)24)23-9-10(8-20-23)15-12-5-7-19-16(12)22-17(25)21-15/h5,7-9,11,13-14,24H,1-4H2,(H2,19,21,22,25). The molecule has 1 aliphatic rings. The number of aromatic nitrogens is 5. The Labute approximate surface area is 143 Å². The van der Waals surface area contributed by atoms with Gasteiger partial charge in [-0.1, -0.05) is 6.42 Å². The number of nitrogens with zero attached hydrogens (tertiary/aromatic N) is 4. The summed E-state index contributed by atoms with van der Waals surface area (Å²) in [5.41, 5.74) is 1.48. The van der Waals surface area contributed by atoms with Gasteiger partial charge in [-0.2, -0.15) is 15.3 Å². The molecule has 0 aromatic carbocycles. The van der Waals surface area contributed by atoms with Gasteiger partial charge < -0.3 is 15.1 Å². The largest absolute Gasteiger partial charge is 0.393 e. The van der Waals surface area contributed by atoms with E-state index in [0.29, 0.717) is 11.3 Å². The predicted molar refractivity (Wildman–Crippen MR) is 90.6 cm³/mol. The van der Waals surface area contributed by atoms with Gasteiger partial charge in [0.15, 0.2) is 0 Å². The lowest BCUT2D eigenvalue weighted by Gasteiger charge is -2.24. The minimum atomic E-state index is -0.433. The molecular weight excluding hydrogens is 320 g/mol. The Bertz CT molecular complexity index is 994. The van der Waals surface area contributed by atoms with Crippen molar-refractivity contribution in [2.24, 2.45) is 5.92 Å². The van der Waals surface area contributed by atoms with Crippen LogP contribution in [-0.2, 0) is 0 Å². The summed E-state index contributed by atoms with van der Waals surface area (Å²) in [7, 11) is 0. The average molecular weight is 338 g/mol. The first kappa shape index (κ1) is 15.6. The van der Waals surface area contributed by atoms with Crippen molar-refractivity contribution in [3.8, 4) is 17.3 Å². The molecule has 3 unspecified atom stereocenters. The molecule has 25 heavy (non-hydrogen) atoms. The fourth-order valence-electron chi connectivity index (χ4n) is 3.79. The molecule has 3 aromatic rings. The molecular formula is C17H18N6O2. The Kier molecular flexibility index (Phi) is 3.86. The van der Waals surface area contributed by atoms with Gasteiger partial charge in [0.25, 0.3) is 0 Å². The van der Waals surface area contributed by atoms with Crippen LogP contribution in [0.1, 0.15) is 31.7 Å². The summed E-state index contributed by atoms with van der Waals surface area (Å²) in [6, 6.07) is 3.87. The Morgan fingerprint density at radius 1 is 1.48 bits per heavy atom. The number of aromatic amines is 2. The number of aliphatic hydroxyl groups is 1. The summed E-state index contributed by atoms with van der Waals surface area (Å²) in [5.74, 6) is 0.0242. The van der Waals surface area contributed by atoms with Gasteiger partial charge in [0, 0.05) is 29.3 Å². The van der Waals surface area contributed by atoms with E-state index in [1.54, 1.807) is 17.1 Å². The summed E-state index contributed by atoms with van der Waals surface area (Å²) in [6.07, 6.45) is 7.72. The van der Waals surface area contributed by atoms with E-state index >= 15 is 0 Å². The van der Waals surface area contributed by atoms with Crippen LogP contribution in [0.2, 0.25) is 0 Å². The molecule has 3 N–H and O–H groups in total. The third-order valence-corrected chi connectivity index (χ3v) is 5.00. The first-order valence-corrected chi connectivity index (χ1v) is 8.34. The maximum absolute atomic E-state index is 11.8. The molecule has 0 radical (unpaired) electrons. The Hall–Kier alpha value is -2.92. The van der Waals surface area contributed by atoms with E-state index in [1.807, 2.05) is 12.3 Å². The van der Waals surface area contributed by atoms with Crippen LogP contribution in [0.25, 0.3) is 22.3 Å². The van der Waals surface area contributed by atoms with E-state index in [9.17, 15) is 15.2 Å². The molecule has 128 valence electrons. The van der Waals surface area contributed by atoms with Crippen molar-refractivity contribution < 1.29 is 5.11 Å². The lowest BCUT2D eigenvalue weighted by molar-refractivity contribution is 0.0977. The van der Waals surface area contributed by atoms with E-state index in [-0.39, 0.29) is 18.4 Å². The molecule has 3 atom stereocenters. The molecule has 1 aliphatic carbocycles. The Morgan fingerprint density at radius 3 is 3.12 bits per heavy atom. The fraction of sp³-hybridized carbons (Fsp3) is 0.412. The zero-order valence-corrected chi connectivity index (χ0v) is 13.5. The molecule has 8 nitrogen and oxygen atoms in total. The van der Waals surface area contributed by atoms with Crippen molar-refractivity contribution in [3.63, 3.8) is 0 Å². The molecule has 1 fully saturated rings.